The summed E-state index contributed by atoms with van der Waals surface area (Å²) in [7, 11) is 0. The SMILES string of the molecule is CC(NCCCO)C1CCOCC1. The summed E-state index contributed by atoms with van der Waals surface area (Å²) in [6, 6.07) is 0.565. The molecule has 13 heavy (non-hydrogen) atoms. The summed E-state index contributed by atoms with van der Waals surface area (Å²) in [6.07, 6.45) is 3.20. The Bertz CT molecular complexity index is 124. The fourth-order valence-corrected chi connectivity index (χ4v) is 1.79. The first-order chi connectivity index (χ1) is 6.34. The van der Waals surface area contributed by atoms with Gasteiger partial charge in [-0.05, 0) is 38.6 Å². The maximum Gasteiger partial charge on any atom is 0.0469 e. The zero-order chi connectivity index (χ0) is 9.52. The van der Waals surface area contributed by atoms with Crippen molar-refractivity contribution in [3.8, 4) is 0 Å². The van der Waals surface area contributed by atoms with Crippen molar-refractivity contribution in [2.24, 2.45) is 5.92 Å². The molecule has 1 unspecified atom stereocenters. The van der Waals surface area contributed by atoms with Crippen molar-refractivity contribution in [2.45, 2.75) is 32.2 Å². The van der Waals surface area contributed by atoms with Crippen molar-refractivity contribution < 1.29 is 9.84 Å². The van der Waals surface area contributed by atoms with Crippen molar-refractivity contribution in [3.63, 3.8) is 0 Å². The summed E-state index contributed by atoms with van der Waals surface area (Å²) in [5, 5.41) is 12.1. The minimum Gasteiger partial charge on any atom is -0.396 e. The van der Waals surface area contributed by atoms with Gasteiger partial charge in [-0.15, -0.1) is 0 Å². The zero-order valence-corrected chi connectivity index (χ0v) is 8.46. The van der Waals surface area contributed by atoms with E-state index in [0.29, 0.717) is 6.04 Å². The Morgan fingerprint density at radius 2 is 2.15 bits per heavy atom. The zero-order valence-electron chi connectivity index (χ0n) is 8.46. The molecule has 1 fully saturated rings. The minimum absolute atomic E-state index is 0.285. The van der Waals surface area contributed by atoms with Gasteiger partial charge in [-0.2, -0.15) is 0 Å². The van der Waals surface area contributed by atoms with Gasteiger partial charge in [0.1, 0.15) is 0 Å². The monoisotopic (exact) mass is 187 g/mol. The minimum atomic E-state index is 0.285. The Balaban J connectivity index is 2.09. The molecule has 1 saturated heterocycles. The van der Waals surface area contributed by atoms with Crippen molar-refractivity contribution in [2.75, 3.05) is 26.4 Å². The van der Waals surface area contributed by atoms with E-state index in [1.165, 1.54) is 12.8 Å². The highest BCUT2D eigenvalue weighted by Crippen LogP contribution is 2.18. The first kappa shape index (κ1) is 11.0. The molecule has 3 heteroatoms. The van der Waals surface area contributed by atoms with Crippen LogP contribution in [0.25, 0.3) is 0 Å². The summed E-state index contributed by atoms with van der Waals surface area (Å²) in [4.78, 5) is 0. The number of nitrogens with one attached hydrogen (secondary N) is 1. The third-order valence-corrected chi connectivity index (χ3v) is 2.77. The molecular weight excluding hydrogens is 166 g/mol. The van der Waals surface area contributed by atoms with Gasteiger partial charge in [-0.1, -0.05) is 0 Å². The average molecular weight is 187 g/mol. The van der Waals surface area contributed by atoms with Crippen LogP contribution in [0.3, 0.4) is 0 Å². The third kappa shape index (κ3) is 4.07. The highest BCUT2D eigenvalue weighted by molar-refractivity contribution is 4.74. The standard InChI is InChI=1S/C10H21NO2/c1-9(11-5-2-6-12)10-3-7-13-8-4-10/h9-12H,2-8H2,1H3. The molecule has 0 spiro atoms. The highest BCUT2D eigenvalue weighted by Gasteiger charge is 2.19. The molecule has 0 saturated carbocycles. The molecule has 0 aliphatic carbocycles. The number of hydrogen-bond donors (Lipinski definition) is 2. The Morgan fingerprint density at radius 1 is 1.46 bits per heavy atom. The third-order valence-electron chi connectivity index (χ3n) is 2.77. The van der Waals surface area contributed by atoms with Gasteiger partial charge >= 0.3 is 0 Å². The lowest BCUT2D eigenvalue weighted by Crippen LogP contribution is -2.37. The number of rotatable bonds is 5. The van der Waals surface area contributed by atoms with Crippen molar-refractivity contribution in [3.05, 3.63) is 0 Å². The Kier molecular flexibility index (Phi) is 5.35. The fourth-order valence-electron chi connectivity index (χ4n) is 1.79. The molecule has 3 nitrogen and oxygen atoms in total. The van der Waals surface area contributed by atoms with Crippen LogP contribution in [0.2, 0.25) is 0 Å². The largest absolute Gasteiger partial charge is 0.396 e. The second kappa shape index (κ2) is 6.35. The molecular formula is C10H21NO2. The lowest BCUT2D eigenvalue weighted by molar-refractivity contribution is 0.0558. The molecule has 0 aromatic carbocycles. The lowest BCUT2D eigenvalue weighted by atomic mass is 9.93. The van der Waals surface area contributed by atoms with Crippen LogP contribution in [0.5, 0.6) is 0 Å². The van der Waals surface area contributed by atoms with E-state index in [0.717, 1.165) is 32.1 Å². The molecule has 1 rings (SSSR count). The Morgan fingerprint density at radius 3 is 2.77 bits per heavy atom. The van der Waals surface area contributed by atoms with Crippen LogP contribution in [0, 0.1) is 5.92 Å². The van der Waals surface area contributed by atoms with E-state index in [1.807, 2.05) is 0 Å². The van der Waals surface area contributed by atoms with Crippen LogP contribution in [-0.4, -0.2) is 37.5 Å². The molecule has 1 aliphatic heterocycles. The van der Waals surface area contributed by atoms with Gasteiger partial charge in [0.05, 0.1) is 0 Å². The summed E-state index contributed by atoms with van der Waals surface area (Å²) in [6.45, 7) is 5.27. The first-order valence-corrected chi connectivity index (χ1v) is 5.26. The van der Waals surface area contributed by atoms with Gasteiger partial charge in [0.15, 0.2) is 0 Å². The topological polar surface area (TPSA) is 41.5 Å². The molecule has 0 aromatic rings. The molecule has 78 valence electrons. The van der Waals surface area contributed by atoms with Gasteiger partial charge in [0.2, 0.25) is 0 Å². The van der Waals surface area contributed by atoms with E-state index in [2.05, 4.69) is 12.2 Å². The maximum atomic E-state index is 8.63. The summed E-state index contributed by atoms with van der Waals surface area (Å²) in [5.41, 5.74) is 0. The fraction of sp³-hybridized carbons (Fsp3) is 1.00. The number of aliphatic hydroxyl groups is 1. The predicted molar refractivity (Wildman–Crippen MR) is 52.7 cm³/mol. The molecule has 1 atom stereocenters. The molecule has 1 heterocycles. The van der Waals surface area contributed by atoms with E-state index >= 15 is 0 Å². The smallest absolute Gasteiger partial charge is 0.0469 e. The molecule has 1 aliphatic rings. The number of hydrogen-bond acceptors (Lipinski definition) is 3. The predicted octanol–water partition coefficient (Wildman–Crippen LogP) is 0.773. The van der Waals surface area contributed by atoms with Crippen molar-refractivity contribution in [1.82, 2.24) is 5.32 Å². The van der Waals surface area contributed by atoms with E-state index in [9.17, 15) is 0 Å². The van der Waals surface area contributed by atoms with Crippen molar-refractivity contribution in [1.29, 1.82) is 0 Å². The molecule has 0 radical (unpaired) electrons. The molecule has 0 aromatic heterocycles. The number of ether oxygens (including phenoxy) is 1. The van der Waals surface area contributed by atoms with Crippen LogP contribution < -0.4 is 5.32 Å². The van der Waals surface area contributed by atoms with E-state index in [4.69, 9.17) is 9.84 Å². The van der Waals surface area contributed by atoms with E-state index < -0.39 is 0 Å². The van der Waals surface area contributed by atoms with Crippen LogP contribution in [0.15, 0.2) is 0 Å². The van der Waals surface area contributed by atoms with Gasteiger partial charge in [-0.3, -0.25) is 0 Å². The number of aliphatic hydroxyl groups excluding tert-OH is 1. The highest BCUT2D eigenvalue weighted by atomic mass is 16.5. The molecule has 0 bridgehead atoms. The second-order valence-electron chi connectivity index (χ2n) is 3.77. The first-order valence-electron chi connectivity index (χ1n) is 5.26. The lowest BCUT2D eigenvalue weighted by Gasteiger charge is -2.28. The average Bonchev–Trinajstić information content (AvgIpc) is 2.19. The van der Waals surface area contributed by atoms with E-state index in [-0.39, 0.29) is 6.61 Å². The normalized spacial score (nSPS) is 21.7. The van der Waals surface area contributed by atoms with Gasteiger partial charge < -0.3 is 15.2 Å². The summed E-state index contributed by atoms with van der Waals surface area (Å²) >= 11 is 0. The van der Waals surface area contributed by atoms with Crippen LogP contribution in [0.1, 0.15) is 26.2 Å². The van der Waals surface area contributed by atoms with Gasteiger partial charge in [-0.25, -0.2) is 0 Å². The van der Waals surface area contributed by atoms with Crippen LogP contribution in [0.4, 0.5) is 0 Å². The Hall–Kier alpha value is -0.120. The molecule has 0 amide bonds. The van der Waals surface area contributed by atoms with Crippen LogP contribution >= 0.6 is 0 Å². The quantitative estimate of drug-likeness (QED) is 0.625. The Labute approximate surface area is 80.5 Å². The maximum absolute atomic E-state index is 8.63. The second-order valence-corrected chi connectivity index (χ2v) is 3.77. The van der Waals surface area contributed by atoms with Gasteiger partial charge in [0.25, 0.3) is 0 Å². The van der Waals surface area contributed by atoms with Crippen LogP contribution in [-0.2, 0) is 4.74 Å². The van der Waals surface area contributed by atoms with Gasteiger partial charge in [0, 0.05) is 25.9 Å². The molecule has 2 N–H and O–H groups in total. The van der Waals surface area contributed by atoms with Crippen molar-refractivity contribution >= 4 is 0 Å². The van der Waals surface area contributed by atoms with E-state index in [1.54, 1.807) is 0 Å². The summed E-state index contributed by atoms with van der Waals surface area (Å²) in [5.74, 6) is 0.757. The summed E-state index contributed by atoms with van der Waals surface area (Å²) < 4.78 is 5.31.